The van der Waals surface area contributed by atoms with Gasteiger partial charge in [0, 0.05) is 11.7 Å². The van der Waals surface area contributed by atoms with Gasteiger partial charge in [-0.2, -0.15) is 0 Å². The molecule has 0 aliphatic heterocycles. The standard InChI is InChI=1S/C14H20N2O2/c1-4-5-10-7-11(10)16-13-12(14(17)18)8(2)6-9(3)15-13/h6,10-11H,4-5,7H2,1-3H3,(H,15,16)(H,17,18). The van der Waals surface area contributed by atoms with Gasteiger partial charge in [-0.1, -0.05) is 13.3 Å². The fourth-order valence-electron chi connectivity index (χ4n) is 2.50. The molecule has 0 aromatic carbocycles. The van der Waals surface area contributed by atoms with Gasteiger partial charge in [0.05, 0.1) is 0 Å². The van der Waals surface area contributed by atoms with Crippen LogP contribution in [0.25, 0.3) is 0 Å². The van der Waals surface area contributed by atoms with Crippen molar-refractivity contribution in [1.29, 1.82) is 0 Å². The molecule has 2 atom stereocenters. The highest BCUT2D eigenvalue weighted by Gasteiger charge is 2.37. The molecule has 1 heterocycles. The number of aromatic nitrogens is 1. The lowest BCUT2D eigenvalue weighted by molar-refractivity contribution is 0.0697. The number of anilines is 1. The Morgan fingerprint density at radius 1 is 1.56 bits per heavy atom. The summed E-state index contributed by atoms with van der Waals surface area (Å²) in [5, 5.41) is 12.6. The molecule has 2 unspecified atom stereocenters. The zero-order valence-electron chi connectivity index (χ0n) is 11.2. The van der Waals surface area contributed by atoms with Crippen LogP contribution in [0.4, 0.5) is 5.82 Å². The molecule has 98 valence electrons. The highest BCUT2D eigenvalue weighted by molar-refractivity contribution is 5.94. The molecule has 4 nitrogen and oxygen atoms in total. The number of carbonyl (C=O) groups is 1. The molecule has 1 aliphatic rings. The predicted octanol–water partition coefficient (Wildman–Crippen LogP) is 3.00. The van der Waals surface area contributed by atoms with Crippen LogP contribution in [0.1, 0.15) is 47.8 Å². The van der Waals surface area contributed by atoms with E-state index in [0.717, 1.165) is 17.7 Å². The zero-order valence-corrected chi connectivity index (χ0v) is 11.2. The molecule has 2 N–H and O–H groups in total. The van der Waals surface area contributed by atoms with E-state index in [4.69, 9.17) is 0 Å². The first-order valence-corrected chi connectivity index (χ1v) is 6.51. The highest BCUT2D eigenvalue weighted by Crippen LogP contribution is 2.37. The number of rotatable bonds is 5. The number of nitrogens with one attached hydrogen (secondary N) is 1. The molecule has 18 heavy (non-hydrogen) atoms. The quantitative estimate of drug-likeness (QED) is 0.840. The molecule has 0 saturated heterocycles. The van der Waals surface area contributed by atoms with Gasteiger partial charge in [0.25, 0.3) is 0 Å². The Labute approximate surface area is 107 Å². The molecular formula is C14H20N2O2. The lowest BCUT2D eigenvalue weighted by Crippen LogP contribution is -2.13. The number of pyridine rings is 1. The molecule has 1 aromatic heterocycles. The van der Waals surface area contributed by atoms with Crippen molar-refractivity contribution in [3.8, 4) is 0 Å². The maximum Gasteiger partial charge on any atom is 0.339 e. The van der Waals surface area contributed by atoms with E-state index < -0.39 is 5.97 Å². The molecule has 4 heteroatoms. The van der Waals surface area contributed by atoms with Crippen molar-refractivity contribution in [2.24, 2.45) is 5.92 Å². The van der Waals surface area contributed by atoms with E-state index in [9.17, 15) is 9.90 Å². The van der Waals surface area contributed by atoms with Gasteiger partial charge < -0.3 is 10.4 Å². The first-order valence-electron chi connectivity index (χ1n) is 6.51. The number of nitrogens with zero attached hydrogens (tertiary/aromatic N) is 1. The lowest BCUT2D eigenvalue weighted by Gasteiger charge is -2.11. The molecule has 1 fully saturated rings. The topological polar surface area (TPSA) is 62.2 Å². The second-order valence-electron chi connectivity index (χ2n) is 5.14. The minimum absolute atomic E-state index is 0.308. The van der Waals surface area contributed by atoms with Crippen molar-refractivity contribution in [1.82, 2.24) is 4.98 Å². The monoisotopic (exact) mass is 248 g/mol. The van der Waals surface area contributed by atoms with Gasteiger partial charge in [0.15, 0.2) is 0 Å². The Balaban J connectivity index is 2.19. The third-order valence-corrected chi connectivity index (χ3v) is 3.46. The Hall–Kier alpha value is -1.58. The Kier molecular flexibility index (Phi) is 3.55. The summed E-state index contributed by atoms with van der Waals surface area (Å²) in [5.41, 5.74) is 1.93. The van der Waals surface area contributed by atoms with Crippen molar-refractivity contribution < 1.29 is 9.90 Å². The number of hydrogen-bond donors (Lipinski definition) is 2. The number of hydrogen-bond acceptors (Lipinski definition) is 3. The first-order chi connectivity index (χ1) is 8.52. The van der Waals surface area contributed by atoms with Crippen LogP contribution in [0.15, 0.2) is 6.07 Å². The fourth-order valence-corrected chi connectivity index (χ4v) is 2.50. The molecule has 0 radical (unpaired) electrons. The summed E-state index contributed by atoms with van der Waals surface area (Å²) >= 11 is 0. The third-order valence-electron chi connectivity index (χ3n) is 3.46. The van der Waals surface area contributed by atoms with E-state index in [1.807, 2.05) is 19.9 Å². The molecule has 0 amide bonds. The summed E-state index contributed by atoms with van der Waals surface area (Å²) in [6.45, 7) is 5.88. The molecule has 1 aliphatic carbocycles. The SMILES string of the molecule is CCCC1CC1Nc1nc(C)cc(C)c1C(=O)O. The normalized spacial score (nSPS) is 21.7. The molecular weight excluding hydrogens is 228 g/mol. The van der Waals surface area contributed by atoms with Crippen molar-refractivity contribution in [3.05, 3.63) is 22.9 Å². The molecule has 0 spiro atoms. The largest absolute Gasteiger partial charge is 0.478 e. The van der Waals surface area contributed by atoms with E-state index in [0.29, 0.717) is 23.3 Å². The summed E-state index contributed by atoms with van der Waals surface area (Å²) in [7, 11) is 0. The average molecular weight is 248 g/mol. The lowest BCUT2D eigenvalue weighted by atomic mass is 10.1. The molecule has 1 saturated carbocycles. The van der Waals surface area contributed by atoms with Crippen LogP contribution >= 0.6 is 0 Å². The summed E-state index contributed by atoms with van der Waals surface area (Å²) in [6, 6.07) is 2.21. The zero-order chi connectivity index (χ0) is 13.3. The van der Waals surface area contributed by atoms with Crippen molar-refractivity contribution >= 4 is 11.8 Å². The number of carboxylic acids is 1. The second-order valence-corrected chi connectivity index (χ2v) is 5.14. The minimum atomic E-state index is -0.907. The van der Waals surface area contributed by atoms with Crippen molar-refractivity contribution in [2.45, 2.75) is 46.1 Å². The highest BCUT2D eigenvalue weighted by atomic mass is 16.4. The Morgan fingerprint density at radius 2 is 2.28 bits per heavy atom. The van der Waals surface area contributed by atoms with Gasteiger partial charge in [0.2, 0.25) is 0 Å². The first kappa shape index (κ1) is 12.9. The van der Waals surface area contributed by atoms with E-state index in [-0.39, 0.29) is 0 Å². The van der Waals surface area contributed by atoms with Gasteiger partial charge >= 0.3 is 5.97 Å². The summed E-state index contributed by atoms with van der Waals surface area (Å²) < 4.78 is 0. The molecule has 0 bridgehead atoms. The number of aromatic carboxylic acids is 1. The van der Waals surface area contributed by atoms with Crippen LogP contribution in [0.2, 0.25) is 0 Å². The fraction of sp³-hybridized carbons (Fsp3) is 0.571. The minimum Gasteiger partial charge on any atom is -0.478 e. The van der Waals surface area contributed by atoms with E-state index >= 15 is 0 Å². The summed E-state index contributed by atoms with van der Waals surface area (Å²) in [5.74, 6) is 0.304. The summed E-state index contributed by atoms with van der Waals surface area (Å²) in [6.07, 6.45) is 3.50. The van der Waals surface area contributed by atoms with Crippen molar-refractivity contribution in [2.75, 3.05) is 5.32 Å². The van der Waals surface area contributed by atoms with Crippen LogP contribution in [0, 0.1) is 19.8 Å². The van der Waals surface area contributed by atoms with Crippen LogP contribution < -0.4 is 5.32 Å². The average Bonchev–Trinajstić information content (AvgIpc) is 2.94. The van der Waals surface area contributed by atoms with E-state index in [1.165, 1.54) is 12.8 Å². The maximum atomic E-state index is 11.3. The van der Waals surface area contributed by atoms with E-state index in [2.05, 4.69) is 17.2 Å². The van der Waals surface area contributed by atoms with Gasteiger partial charge in [-0.05, 0) is 44.2 Å². The van der Waals surface area contributed by atoms with Gasteiger partial charge in [0.1, 0.15) is 11.4 Å². The Morgan fingerprint density at radius 3 is 2.89 bits per heavy atom. The van der Waals surface area contributed by atoms with Crippen LogP contribution in [0.5, 0.6) is 0 Å². The van der Waals surface area contributed by atoms with Gasteiger partial charge in [-0.25, -0.2) is 9.78 Å². The van der Waals surface area contributed by atoms with Crippen molar-refractivity contribution in [3.63, 3.8) is 0 Å². The number of carboxylic acid groups (broad SMARTS) is 1. The Bertz CT molecular complexity index is 471. The number of aryl methyl sites for hydroxylation is 2. The van der Waals surface area contributed by atoms with Gasteiger partial charge in [-0.15, -0.1) is 0 Å². The third kappa shape index (κ3) is 2.63. The van der Waals surface area contributed by atoms with Crippen LogP contribution in [-0.2, 0) is 0 Å². The predicted molar refractivity (Wildman–Crippen MR) is 71.1 cm³/mol. The maximum absolute atomic E-state index is 11.3. The molecule has 1 aromatic rings. The second kappa shape index (κ2) is 4.96. The van der Waals surface area contributed by atoms with Crippen LogP contribution in [0.3, 0.4) is 0 Å². The smallest absolute Gasteiger partial charge is 0.339 e. The van der Waals surface area contributed by atoms with E-state index in [1.54, 1.807) is 0 Å². The van der Waals surface area contributed by atoms with Gasteiger partial charge in [-0.3, -0.25) is 0 Å². The van der Waals surface area contributed by atoms with Crippen LogP contribution in [-0.4, -0.2) is 22.1 Å². The molecule has 2 rings (SSSR count). The summed E-state index contributed by atoms with van der Waals surface area (Å²) in [4.78, 5) is 15.6.